The van der Waals surface area contributed by atoms with E-state index in [0.29, 0.717) is 44.3 Å². The second-order valence-electron chi connectivity index (χ2n) is 24.6. The van der Waals surface area contributed by atoms with E-state index in [4.69, 9.17) is 29.6 Å². The zero-order valence-corrected chi connectivity index (χ0v) is 52.3. The Labute approximate surface area is 456 Å². The molecule has 10 heteroatoms. The van der Waals surface area contributed by atoms with Crippen LogP contribution >= 0.6 is 0 Å². The van der Waals surface area contributed by atoms with Crippen LogP contribution in [0.5, 0.6) is 0 Å². The average molecular weight is 1060 g/mol. The highest BCUT2D eigenvalue weighted by Crippen LogP contribution is 2.37. The van der Waals surface area contributed by atoms with Gasteiger partial charge in [-0.1, -0.05) is 254 Å². The molecule has 0 spiro atoms. The van der Waals surface area contributed by atoms with E-state index in [2.05, 4.69) is 92.5 Å². The number of aliphatic hydroxyl groups excluding tert-OH is 1. The second kappa shape index (κ2) is 45.4. The van der Waals surface area contributed by atoms with Crippen molar-refractivity contribution in [2.45, 2.75) is 316 Å². The highest BCUT2D eigenvalue weighted by molar-refractivity contribution is 6.74. The van der Waals surface area contributed by atoms with E-state index in [1.165, 1.54) is 193 Å². The molecule has 0 aliphatic rings. The van der Waals surface area contributed by atoms with Gasteiger partial charge in [0.05, 0.1) is 51.8 Å². The quantitative estimate of drug-likeness (QED) is 0.0395. The van der Waals surface area contributed by atoms with Gasteiger partial charge in [0.15, 0.2) is 22.3 Å². The lowest BCUT2D eigenvalue weighted by Gasteiger charge is -2.37. The monoisotopic (exact) mass is 1060 g/mol. The molecule has 0 unspecified atom stereocenters. The van der Waals surface area contributed by atoms with Crippen molar-refractivity contribution >= 4 is 22.3 Å². The number of rotatable bonds is 47. The summed E-state index contributed by atoms with van der Waals surface area (Å²) in [5.74, 6) is 0. The molecule has 0 radical (unpaired) electrons. The summed E-state index contributed by atoms with van der Waals surface area (Å²) < 4.78 is 30.4. The molecule has 0 bridgehead atoms. The SMILES string of the molecule is CCCCCCCCCCCCCCCCCCOC[C@@H](O)CO[Si](C)(C)C(C)(C)C.[C-]#[N+]c1cc(C#N)cc(CO[C@H](COCCCCCCCCCCCCCCCCCC)CO[Si](C)(C)C(C)(C)C)c1. The zero-order chi connectivity index (χ0) is 54.5. The number of benzene rings is 1. The first kappa shape index (κ1) is 71.4. The van der Waals surface area contributed by atoms with Crippen LogP contribution in [-0.2, 0) is 29.7 Å². The maximum atomic E-state index is 10.1. The van der Waals surface area contributed by atoms with E-state index in [-0.39, 0.29) is 16.2 Å². The third kappa shape index (κ3) is 41.2. The van der Waals surface area contributed by atoms with Gasteiger partial charge in [-0.3, -0.25) is 0 Å². The summed E-state index contributed by atoms with van der Waals surface area (Å²) in [6, 6.07) is 7.32. The van der Waals surface area contributed by atoms with Crippen LogP contribution in [0.15, 0.2) is 18.2 Å². The van der Waals surface area contributed by atoms with Crippen LogP contribution in [-0.4, -0.2) is 73.6 Å². The Morgan fingerprint density at radius 2 is 0.849 bits per heavy atom. The molecule has 0 fully saturated rings. The molecule has 0 heterocycles. The highest BCUT2D eigenvalue weighted by Gasteiger charge is 2.38. The van der Waals surface area contributed by atoms with Crippen LogP contribution in [0.3, 0.4) is 0 Å². The molecule has 1 rings (SSSR count). The Morgan fingerprint density at radius 3 is 1.19 bits per heavy atom. The Hall–Kier alpha value is -1.61. The lowest BCUT2D eigenvalue weighted by atomic mass is 10.0. The molecular formula is C63H120N2O6Si2. The fraction of sp³-hybridized carbons (Fsp3) is 0.873. The highest BCUT2D eigenvalue weighted by atomic mass is 28.4. The lowest BCUT2D eigenvalue weighted by Crippen LogP contribution is -2.43. The number of hydrogen-bond donors (Lipinski definition) is 1. The van der Waals surface area contributed by atoms with Crippen molar-refractivity contribution in [3.05, 3.63) is 40.7 Å². The molecule has 0 saturated heterocycles. The Morgan fingerprint density at radius 1 is 0.507 bits per heavy atom. The fourth-order valence-corrected chi connectivity index (χ4v) is 10.3. The van der Waals surface area contributed by atoms with Gasteiger partial charge >= 0.3 is 0 Å². The predicted octanol–water partition coefficient (Wildman–Crippen LogP) is 19.9. The second-order valence-corrected chi connectivity index (χ2v) is 34.2. The molecule has 0 aromatic heterocycles. The van der Waals surface area contributed by atoms with Gasteiger partial charge < -0.3 is 28.2 Å². The van der Waals surface area contributed by atoms with Gasteiger partial charge in [-0.05, 0) is 66.8 Å². The average Bonchev–Trinajstić information content (AvgIpc) is 3.34. The minimum atomic E-state index is -1.92. The first-order valence-electron chi connectivity index (χ1n) is 30.5. The standard InChI is InChI=1S/C36H62N2O3Si.C27H58O3Si/c1-8-9-10-11-12-13-14-15-16-17-18-19-20-21-22-23-24-39-30-35(31-41-42(6,7)36(2,3)4)40-29-33-25-32(28-37)26-34(27-33)38-5;1-7-8-9-10-11-12-13-14-15-16-17-18-19-20-21-22-23-29-24-26(28)25-30-31(5,6)27(2,3)4/h25-27,35H,8-24,29-31H2,1-4,6-7H3;26,28H,7-25H2,1-6H3/t35-;26-/m11/s1. The van der Waals surface area contributed by atoms with E-state index in [1.807, 2.05) is 0 Å². The summed E-state index contributed by atoms with van der Waals surface area (Å²) in [5, 5.41) is 19.7. The normalized spacial score (nSPS) is 13.1. The first-order chi connectivity index (χ1) is 34.8. The molecular weight excluding hydrogens is 937 g/mol. The van der Waals surface area contributed by atoms with Crippen LogP contribution < -0.4 is 0 Å². The lowest BCUT2D eigenvalue weighted by molar-refractivity contribution is -0.0476. The predicted molar refractivity (Wildman–Crippen MR) is 319 cm³/mol. The third-order valence-electron chi connectivity index (χ3n) is 15.5. The maximum absolute atomic E-state index is 10.1. The largest absolute Gasteiger partial charge is 0.414 e. The minimum absolute atomic E-state index is 0.123. The first-order valence-corrected chi connectivity index (χ1v) is 36.3. The number of unbranched alkanes of at least 4 members (excludes halogenated alkanes) is 30. The summed E-state index contributed by atoms with van der Waals surface area (Å²) in [6.45, 7) is 37.8. The van der Waals surface area contributed by atoms with Crippen molar-refractivity contribution in [2.75, 3.05) is 39.6 Å². The van der Waals surface area contributed by atoms with Crippen molar-refractivity contribution in [3.63, 3.8) is 0 Å². The van der Waals surface area contributed by atoms with E-state index in [9.17, 15) is 10.4 Å². The number of aliphatic hydroxyl groups is 1. The molecule has 0 aliphatic heterocycles. The topological polar surface area (TPSA) is 94.5 Å². The van der Waals surface area contributed by atoms with Crippen LogP contribution in [0.1, 0.15) is 272 Å². The van der Waals surface area contributed by atoms with Crippen molar-refractivity contribution in [1.82, 2.24) is 0 Å². The molecule has 1 aromatic rings. The molecule has 1 aromatic carbocycles. The van der Waals surface area contributed by atoms with Crippen LogP contribution in [0, 0.1) is 17.9 Å². The molecule has 0 amide bonds. The molecule has 0 aliphatic carbocycles. The van der Waals surface area contributed by atoms with Gasteiger partial charge in [0.1, 0.15) is 6.10 Å². The minimum Gasteiger partial charge on any atom is -0.414 e. The summed E-state index contributed by atoms with van der Waals surface area (Å²) in [5.41, 5.74) is 1.77. The number of hydrogen-bond acceptors (Lipinski definition) is 7. The molecule has 1 N–H and O–H groups in total. The third-order valence-corrected chi connectivity index (χ3v) is 24.5. The van der Waals surface area contributed by atoms with E-state index in [0.717, 1.165) is 31.6 Å². The van der Waals surface area contributed by atoms with Gasteiger partial charge in [-0.25, -0.2) is 4.85 Å². The maximum Gasteiger partial charge on any atom is 0.192 e. The number of ether oxygens (including phenoxy) is 3. The van der Waals surface area contributed by atoms with Crippen molar-refractivity contribution in [2.24, 2.45) is 0 Å². The van der Waals surface area contributed by atoms with Gasteiger partial charge in [0, 0.05) is 18.8 Å². The molecule has 426 valence electrons. The van der Waals surface area contributed by atoms with Gasteiger partial charge in [0.25, 0.3) is 0 Å². The molecule has 2 atom stereocenters. The number of nitrogens with zero attached hydrogens (tertiary/aromatic N) is 2. The Kier molecular flexibility index (Phi) is 44.4. The van der Waals surface area contributed by atoms with Crippen LogP contribution in [0.4, 0.5) is 5.69 Å². The fourth-order valence-electron chi connectivity index (χ4n) is 8.27. The summed E-state index contributed by atoms with van der Waals surface area (Å²) in [4.78, 5) is 3.49. The number of nitriles is 1. The van der Waals surface area contributed by atoms with Gasteiger partial charge in [0.2, 0.25) is 0 Å². The van der Waals surface area contributed by atoms with Crippen LogP contribution in [0.25, 0.3) is 4.85 Å². The summed E-state index contributed by atoms with van der Waals surface area (Å²) in [6.07, 6.45) is 43.2. The zero-order valence-electron chi connectivity index (χ0n) is 50.3. The van der Waals surface area contributed by atoms with E-state index >= 15 is 0 Å². The molecule has 8 nitrogen and oxygen atoms in total. The van der Waals surface area contributed by atoms with E-state index < -0.39 is 22.7 Å². The summed E-state index contributed by atoms with van der Waals surface area (Å²) in [7, 11) is -3.70. The van der Waals surface area contributed by atoms with Crippen molar-refractivity contribution < 1.29 is 28.2 Å². The Bertz CT molecular complexity index is 1460. The van der Waals surface area contributed by atoms with Crippen molar-refractivity contribution in [1.29, 1.82) is 5.26 Å². The Balaban J connectivity index is 0.00000149. The van der Waals surface area contributed by atoms with Crippen LogP contribution in [0.2, 0.25) is 36.3 Å². The molecule has 73 heavy (non-hydrogen) atoms. The van der Waals surface area contributed by atoms with Gasteiger partial charge in [-0.2, -0.15) is 5.26 Å². The molecule has 0 saturated carbocycles. The summed E-state index contributed by atoms with van der Waals surface area (Å²) >= 11 is 0. The van der Waals surface area contributed by atoms with Crippen molar-refractivity contribution in [3.8, 4) is 6.07 Å². The van der Waals surface area contributed by atoms with E-state index in [1.54, 1.807) is 18.2 Å². The van der Waals surface area contributed by atoms with Gasteiger partial charge in [-0.15, -0.1) is 0 Å². The smallest absolute Gasteiger partial charge is 0.192 e.